The van der Waals surface area contributed by atoms with Crippen molar-refractivity contribution in [3.8, 4) is 11.5 Å². The summed E-state index contributed by atoms with van der Waals surface area (Å²) in [6.07, 6.45) is 1.05. The highest BCUT2D eigenvalue weighted by Crippen LogP contribution is 2.27. The molecule has 0 saturated heterocycles. The van der Waals surface area contributed by atoms with E-state index in [9.17, 15) is 13.2 Å². The number of benzene rings is 2. The Morgan fingerprint density at radius 2 is 1.77 bits per heavy atom. The number of methoxy groups -OCH3 is 2. The van der Waals surface area contributed by atoms with E-state index in [1.54, 1.807) is 48.5 Å². The van der Waals surface area contributed by atoms with Crippen LogP contribution in [0.2, 0.25) is 0 Å². The van der Waals surface area contributed by atoms with Gasteiger partial charge in [0.25, 0.3) is 0 Å². The van der Waals surface area contributed by atoms with E-state index in [4.69, 9.17) is 9.47 Å². The van der Waals surface area contributed by atoms with Crippen LogP contribution >= 0.6 is 0 Å². The Labute approximate surface area is 153 Å². The van der Waals surface area contributed by atoms with Crippen LogP contribution in [-0.2, 0) is 14.8 Å². The van der Waals surface area contributed by atoms with E-state index in [1.807, 2.05) is 0 Å². The number of nitrogens with zero attached hydrogens (tertiary/aromatic N) is 1. The van der Waals surface area contributed by atoms with Crippen LogP contribution in [-0.4, -0.2) is 40.8 Å². The van der Waals surface area contributed by atoms with Gasteiger partial charge in [-0.3, -0.25) is 9.10 Å². The lowest BCUT2D eigenvalue weighted by molar-refractivity contribution is -0.116. The van der Waals surface area contributed by atoms with Crippen LogP contribution in [0.4, 0.5) is 11.4 Å². The molecule has 26 heavy (non-hydrogen) atoms. The van der Waals surface area contributed by atoms with Gasteiger partial charge in [0.05, 0.1) is 31.9 Å². The van der Waals surface area contributed by atoms with Crippen molar-refractivity contribution in [3.05, 3.63) is 48.5 Å². The molecule has 8 heteroatoms. The van der Waals surface area contributed by atoms with Gasteiger partial charge in [-0.15, -0.1) is 0 Å². The molecule has 2 aromatic carbocycles. The summed E-state index contributed by atoms with van der Waals surface area (Å²) in [5, 5.41) is 2.71. The SMILES string of the molecule is COc1cccc(N([C@H](C)C(=O)Nc2ccccc2OC)S(C)(=O)=O)c1. The monoisotopic (exact) mass is 378 g/mol. The first-order chi connectivity index (χ1) is 12.3. The van der Waals surface area contributed by atoms with Crippen molar-refractivity contribution >= 4 is 27.3 Å². The molecule has 1 atom stereocenters. The largest absolute Gasteiger partial charge is 0.497 e. The predicted octanol–water partition coefficient (Wildman–Crippen LogP) is 2.50. The maximum absolute atomic E-state index is 12.7. The van der Waals surface area contributed by atoms with Gasteiger partial charge in [-0.1, -0.05) is 18.2 Å². The van der Waals surface area contributed by atoms with E-state index >= 15 is 0 Å². The molecule has 0 radical (unpaired) electrons. The average Bonchev–Trinajstić information content (AvgIpc) is 2.61. The van der Waals surface area contributed by atoms with Crippen molar-refractivity contribution < 1.29 is 22.7 Å². The fraction of sp³-hybridized carbons (Fsp3) is 0.278. The number of para-hydroxylation sites is 2. The maximum atomic E-state index is 12.7. The second-order valence-corrected chi connectivity index (χ2v) is 7.49. The first-order valence-electron chi connectivity index (χ1n) is 7.85. The molecule has 0 fully saturated rings. The Morgan fingerprint density at radius 3 is 2.38 bits per heavy atom. The van der Waals surface area contributed by atoms with Crippen LogP contribution < -0.4 is 19.1 Å². The molecule has 0 saturated carbocycles. The molecule has 2 aromatic rings. The van der Waals surface area contributed by atoms with Gasteiger partial charge in [0.15, 0.2) is 0 Å². The van der Waals surface area contributed by atoms with E-state index in [0.29, 0.717) is 22.9 Å². The van der Waals surface area contributed by atoms with Gasteiger partial charge in [-0.25, -0.2) is 8.42 Å². The van der Waals surface area contributed by atoms with E-state index < -0.39 is 22.0 Å². The second-order valence-electron chi connectivity index (χ2n) is 5.63. The van der Waals surface area contributed by atoms with Gasteiger partial charge in [0.2, 0.25) is 15.9 Å². The highest BCUT2D eigenvalue weighted by molar-refractivity contribution is 7.92. The first-order valence-corrected chi connectivity index (χ1v) is 9.70. The maximum Gasteiger partial charge on any atom is 0.248 e. The summed E-state index contributed by atoms with van der Waals surface area (Å²) < 4.78 is 36.1. The van der Waals surface area contributed by atoms with Crippen molar-refractivity contribution in [3.63, 3.8) is 0 Å². The van der Waals surface area contributed by atoms with Gasteiger partial charge < -0.3 is 14.8 Å². The van der Waals surface area contributed by atoms with E-state index in [1.165, 1.54) is 21.1 Å². The molecule has 1 amide bonds. The topological polar surface area (TPSA) is 84.9 Å². The van der Waals surface area contributed by atoms with Crippen molar-refractivity contribution in [2.45, 2.75) is 13.0 Å². The van der Waals surface area contributed by atoms with Gasteiger partial charge >= 0.3 is 0 Å². The van der Waals surface area contributed by atoms with Gasteiger partial charge in [-0.05, 0) is 31.2 Å². The van der Waals surface area contributed by atoms with Crippen LogP contribution in [0.1, 0.15) is 6.92 Å². The number of carbonyl (C=O) groups excluding carboxylic acids is 1. The minimum Gasteiger partial charge on any atom is -0.497 e. The normalized spacial score (nSPS) is 12.2. The Hall–Kier alpha value is -2.74. The van der Waals surface area contributed by atoms with Gasteiger partial charge in [0, 0.05) is 6.07 Å². The summed E-state index contributed by atoms with van der Waals surface area (Å²) in [4.78, 5) is 12.7. The number of sulfonamides is 1. The van der Waals surface area contributed by atoms with Crippen LogP contribution in [0.3, 0.4) is 0 Å². The summed E-state index contributed by atoms with van der Waals surface area (Å²) in [5.74, 6) is 0.497. The van der Waals surface area contributed by atoms with Crippen molar-refractivity contribution in [2.75, 3.05) is 30.1 Å². The standard InChI is InChI=1S/C18H22N2O5S/c1-13(18(21)19-16-10-5-6-11-17(16)25-3)20(26(4,22)23)14-8-7-9-15(12-14)24-2/h5-13H,1-4H3,(H,19,21)/t13-/m1/s1. The second kappa shape index (κ2) is 8.09. The van der Waals surface area contributed by atoms with E-state index in [2.05, 4.69) is 5.32 Å². The fourth-order valence-electron chi connectivity index (χ4n) is 2.54. The van der Waals surface area contributed by atoms with Crippen LogP contribution in [0, 0.1) is 0 Å². The zero-order chi connectivity index (χ0) is 19.3. The number of amides is 1. The third-order valence-corrected chi connectivity index (χ3v) is 5.00. The van der Waals surface area contributed by atoms with E-state index in [-0.39, 0.29) is 0 Å². The van der Waals surface area contributed by atoms with Crippen LogP contribution in [0.5, 0.6) is 11.5 Å². The summed E-state index contributed by atoms with van der Waals surface area (Å²) in [6, 6.07) is 12.5. The third kappa shape index (κ3) is 4.45. The molecule has 0 unspecified atom stereocenters. The van der Waals surface area contributed by atoms with Crippen molar-refractivity contribution in [2.24, 2.45) is 0 Å². The lowest BCUT2D eigenvalue weighted by Crippen LogP contribution is -2.45. The third-order valence-electron chi connectivity index (χ3n) is 3.76. The fourth-order valence-corrected chi connectivity index (χ4v) is 3.71. The van der Waals surface area contributed by atoms with Gasteiger partial charge in [0.1, 0.15) is 17.5 Å². The number of rotatable bonds is 7. The first kappa shape index (κ1) is 19.6. The smallest absolute Gasteiger partial charge is 0.248 e. The highest BCUT2D eigenvalue weighted by Gasteiger charge is 2.29. The van der Waals surface area contributed by atoms with Gasteiger partial charge in [-0.2, -0.15) is 0 Å². The highest BCUT2D eigenvalue weighted by atomic mass is 32.2. The Balaban J connectivity index is 2.34. The summed E-state index contributed by atoms with van der Waals surface area (Å²) in [6.45, 7) is 1.52. The number of ether oxygens (including phenoxy) is 2. The molecular weight excluding hydrogens is 356 g/mol. The molecule has 0 aliphatic carbocycles. The van der Waals surface area contributed by atoms with E-state index in [0.717, 1.165) is 10.6 Å². The molecule has 7 nitrogen and oxygen atoms in total. The molecule has 0 spiro atoms. The number of carbonyl (C=O) groups is 1. The molecule has 0 aromatic heterocycles. The number of hydrogen-bond acceptors (Lipinski definition) is 5. The Kier molecular flexibility index (Phi) is 6.10. The number of nitrogens with one attached hydrogen (secondary N) is 1. The molecule has 2 rings (SSSR count). The zero-order valence-corrected chi connectivity index (χ0v) is 15.9. The quantitative estimate of drug-likeness (QED) is 0.800. The summed E-state index contributed by atoms with van der Waals surface area (Å²) in [7, 11) is -0.728. The van der Waals surface area contributed by atoms with Crippen LogP contribution in [0.25, 0.3) is 0 Å². The molecule has 0 heterocycles. The summed E-state index contributed by atoms with van der Waals surface area (Å²) in [5.41, 5.74) is 0.806. The lowest BCUT2D eigenvalue weighted by atomic mass is 10.2. The van der Waals surface area contributed by atoms with Crippen molar-refractivity contribution in [1.29, 1.82) is 0 Å². The average molecular weight is 378 g/mol. The van der Waals surface area contributed by atoms with Crippen LogP contribution in [0.15, 0.2) is 48.5 Å². The molecule has 1 N–H and O–H groups in total. The number of hydrogen-bond donors (Lipinski definition) is 1. The molecular formula is C18H22N2O5S. The molecule has 0 aliphatic heterocycles. The molecule has 140 valence electrons. The lowest BCUT2D eigenvalue weighted by Gasteiger charge is -2.28. The minimum atomic E-state index is -3.71. The number of anilines is 2. The Bertz CT molecular complexity index is 883. The predicted molar refractivity (Wildman–Crippen MR) is 101 cm³/mol. The molecule has 0 bridgehead atoms. The van der Waals surface area contributed by atoms with Crippen molar-refractivity contribution in [1.82, 2.24) is 0 Å². The minimum absolute atomic E-state index is 0.342. The Morgan fingerprint density at radius 1 is 1.08 bits per heavy atom. The zero-order valence-electron chi connectivity index (χ0n) is 15.1. The molecule has 0 aliphatic rings. The summed E-state index contributed by atoms with van der Waals surface area (Å²) >= 11 is 0.